The Bertz CT molecular complexity index is 900. The highest BCUT2D eigenvalue weighted by Gasteiger charge is 2.11. The van der Waals surface area contributed by atoms with Crippen LogP contribution in [0.4, 0.5) is 0 Å². The summed E-state index contributed by atoms with van der Waals surface area (Å²) in [5.74, 6) is -0.0911. The number of ketones is 1. The van der Waals surface area contributed by atoms with Crippen LogP contribution in [0.15, 0.2) is 85.5 Å². The van der Waals surface area contributed by atoms with Crippen molar-refractivity contribution in [3.63, 3.8) is 0 Å². The molecule has 0 aliphatic carbocycles. The molecular formula is C26H26O. The molecule has 1 nitrogen and oxygen atoms in total. The van der Waals surface area contributed by atoms with Crippen LogP contribution in [0.1, 0.15) is 37.3 Å². The summed E-state index contributed by atoms with van der Waals surface area (Å²) in [7, 11) is 0. The Balaban J connectivity index is 1.77. The molecule has 0 saturated heterocycles. The molecule has 136 valence electrons. The molecule has 1 atom stereocenters. The van der Waals surface area contributed by atoms with Gasteiger partial charge in [-0.05, 0) is 45.9 Å². The van der Waals surface area contributed by atoms with E-state index in [9.17, 15) is 4.79 Å². The summed E-state index contributed by atoms with van der Waals surface area (Å²) in [5, 5.41) is 0. The summed E-state index contributed by atoms with van der Waals surface area (Å²) in [6, 6.07) is 25.7. The summed E-state index contributed by atoms with van der Waals surface area (Å²) in [6.45, 7) is 7.69. The van der Waals surface area contributed by atoms with Gasteiger partial charge in [0.1, 0.15) is 0 Å². The van der Waals surface area contributed by atoms with E-state index in [4.69, 9.17) is 0 Å². The van der Waals surface area contributed by atoms with E-state index in [1.165, 1.54) is 34.8 Å². The topological polar surface area (TPSA) is 17.1 Å². The molecule has 1 heteroatoms. The molecule has 3 aromatic rings. The molecule has 0 aliphatic rings. The van der Waals surface area contributed by atoms with E-state index >= 15 is 0 Å². The molecule has 3 rings (SSSR count). The zero-order valence-electron chi connectivity index (χ0n) is 16.1. The first kappa shape index (κ1) is 18.8. The summed E-state index contributed by atoms with van der Waals surface area (Å²) in [4.78, 5) is 11.8. The van der Waals surface area contributed by atoms with Gasteiger partial charge in [-0.2, -0.15) is 0 Å². The maximum absolute atomic E-state index is 11.8. The van der Waals surface area contributed by atoms with E-state index in [0.29, 0.717) is 0 Å². The van der Waals surface area contributed by atoms with Crippen molar-refractivity contribution in [2.75, 3.05) is 0 Å². The second-order valence-electron chi connectivity index (χ2n) is 6.97. The highest BCUT2D eigenvalue weighted by Crippen LogP contribution is 2.27. The molecule has 0 aliphatic heterocycles. The molecular weight excluding hydrogens is 328 g/mol. The van der Waals surface area contributed by atoms with Crippen molar-refractivity contribution in [1.82, 2.24) is 0 Å². The van der Waals surface area contributed by atoms with E-state index < -0.39 is 0 Å². The van der Waals surface area contributed by atoms with Gasteiger partial charge in [-0.1, -0.05) is 99.6 Å². The zero-order chi connectivity index (χ0) is 19.2. The molecule has 0 N–H and O–H groups in total. The van der Waals surface area contributed by atoms with Gasteiger partial charge < -0.3 is 0 Å². The predicted octanol–water partition coefficient (Wildman–Crippen LogP) is 6.83. The molecule has 0 spiro atoms. The van der Waals surface area contributed by atoms with Crippen molar-refractivity contribution in [2.45, 2.75) is 32.6 Å². The molecule has 0 amide bonds. The Morgan fingerprint density at radius 2 is 1.22 bits per heavy atom. The largest absolute Gasteiger partial charge is 0.294 e. The lowest BCUT2D eigenvalue weighted by Crippen LogP contribution is -2.05. The van der Waals surface area contributed by atoms with Gasteiger partial charge in [-0.25, -0.2) is 0 Å². The molecule has 0 saturated carbocycles. The van der Waals surface area contributed by atoms with Crippen LogP contribution in [0.25, 0.3) is 22.3 Å². The van der Waals surface area contributed by atoms with Crippen molar-refractivity contribution >= 4 is 5.78 Å². The minimum absolute atomic E-state index is 0.0528. The highest BCUT2D eigenvalue weighted by atomic mass is 16.1. The zero-order valence-corrected chi connectivity index (χ0v) is 16.1. The quantitative estimate of drug-likeness (QED) is 0.425. The third kappa shape index (κ3) is 4.43. The van der Waals surface area contributed by atoms with Gasteiger partial charge in [0.05, 0.1) is 0 Å². The smallest absolute Gasteiger partial charge is 0.162 e. The maximum Gasteiger partial charge on any atom is 0.162 e. The maximum atomic E-state index is 11.8. The Kier molecular flexibility index (Phi) is 6.03. The lowest BCUT2D eigenvalue weighted by atomic mass is 9.94. The number of hydrogen-bond donors (Lipinski definition) is 0. The van der Waals surface area contributed by atoms with Crippen LogP contribution >= 0.6 is 0 Å². The van der Waals surface area contributed by atoms with E-state index in [0.717, 1.165) is 17.5 Å². The van der Waals surface area contributed by atoms with Crippen LogP contribution in [0.3, 0.4) is 0 Å². The average Bonchev–Trinajstić information content (AvgIpc) is 2.74. The summed E-state index contributed by atoms with van der Waals surface area (Å²) in [6.07, 6.45) is 3.70. The van der Waals surface area contributed by atoms with Crippen LogP contribution in [-0.4, -0.2) is 5.78 Å². The molecule has 3 aromatic carbocycles. The molecule has 0 fully saturated rings. The van der Waals surface area contributed by atoms with Crippen molar-refractivity contribution in [2.24, 2.45) is 0 Å². The fraction of sp³-hybridized carbons (Fsp3) is 0.192. The van der Waals surface area contributed by atoms with Gasteiger partial charge in [0.15, 0.2) is 5.78 Å². The first-order chi connectivity index (χ1) is 13.1. The monoisotopic (exact) mass is 354 g/mol. The first-order valence-corrected chi connectivity index (χ1v) is 9.58. The Morgan fingerprint density at radius 1 is 0.815 bits per heavy atom. The minimum atomic E-state index is -0.144. The van der Waals surface area contributed by atoms with Gasteiger partial charge >= 0.3 is 0 Å². The predicted molar refractivity (Wildman–Crippen MR) is 115 cm³/mol. The van der Waals surface area contributed by atoms with Crippen molar-refractivity contribution in [3.05, 3.63) is 96.6 Å². The molecule has 0 heterocycles. The average molecular weight is 354 g/mol. The number of benzene rings is 3. The van der Waals surface area contributed by atoms with Gasteiger partial charge in [0, 0.05) is 5.92 Å². The van der Waals surface area contributed by atoms with E-state index in [1.54, 1.807) is 0 Å². The van der Waals surface area contributed by atoms with Gasteiger partial charge in [-0.3, -0.25) is 4.79 Å². The van der Waals surface area contributed by atoms with E-state index in [1.807, 2.05) is 19.1 Å². The second-order valence-corrected chi connectivity index (χ2v) is 6.97. The number of rotatable bonds is 7. The third-order valence-electron chi connectivity index (χ3n) is 5.08. The fourth-order valence-corrected chi connectivity index (χ4v) is 3.31. The van der Waals surface area contributed by atoms with Crippen LogP contribution in [-0.2, 0) is 11.2 Å². The van der Waals surface area contributed by atoms with Crippen molar-refractivity contribution in [1.29, 1.82) is 0 Å². The lowest BCUT2D eigenvalue weighted by Gasteiger charge is -2.10. The summed E-state index contributed by atoms with van der Waals surface area (Å²) in [5.41, 5.74) is 7.21. The van der Waals surface area contributed by atoms with Gasteiger partial charge in [0.25, 0.3) is 0 Å². The van der Waals surface area contributed by atoms with Gasteiger partial charge in [-0.15, -0.1) is 0 Å². The fourth-order valence-electron chi connectivity index (χ4n) is 3.31. The Labute approximate surface area is 162 Å². The summed E-state index contributed by atoms with van der Waals surface area (Å²) >= 11 is 0. The standard InChI is InChI=1S/C26H26O/c1-4-6-20-7-9-22(10-8-20)24-15-17-25(18-16-24)23-13-11-21(12-14-23)19(3)26(27)5-2/h5,7-19H,2,4,6H2,1,3H3. The first-order valence-electron chi connectivity index (χ1n) is 9.58. The number of carbonyl (C=O) groups excluding carboxylic acids is 1. The summed E-state index contributed by atoms with van der Waals surface area (Å²) < 4.78 is 0. The molecule has 1 unspecified atom stereocenters. The highest BCUT2D eigenvalue weighted by molar-refractivity contribution is 5.94. The second kappa shape index (κ2) is 8.64. The van der Waals surface area contributed by atoms with Crippen molar-refractivity contribution in [3.8, 4) is 22.3 Å². The normalized spacial score (nSPS) is 11.8. The van der Waals surface area contributed by atoms with E-state index in [2.05, 4.69) is 74.2 Å². The Morgan fingerprint density at radius 3 is 1.63 bits per heavy atom. The SMILES string of the molecule is C=CC(=O)C(C)c1ccc(-c2ccc(-c3ccc(CCC)cc3)cc2)cc1. The Hall–Kier alpha value is -2.93. The molecule has 0 bridgehead atoms. The molecule has 0 radical (unpaired) electrons. The lowest BCUT2D eigenvalue weighted by molar-refractivity contribution is -0.115. The number of carbonyl (C=O) groups is 1. The number of aryl methyl sites for hydroxylation is 1. The van der Waals surface area contributed by atoms with Crippen LogP contribution < -0.4 is 0 Å². The van der Waals surface area contributed by atoms with Crippen molar-refractivity contribution < 1.29 is 4.79 Å². The number of allylic oxidation sites excluding steroid dienone is 1. The van der Waals surface area contributed by atoms with E-state index in [-0.39, 0.29) is 11.7 Å². The van der Waals surface area contributed by atoms with Crippen LogP contribution in [0.2, 0.25) is 0 Å². The molecule has 27 heavy (non-hydrogen) atoms. The third-order valence-corrected chi connectivity index (χ3v) is 5.08. The number of hydrogen-bond acceptors (Lipinski definition) is 1. The van der Waals surface area contributed by atoms with Crippen LogP contribution in [0, 0.1) is 0 Å². The van der Waals surface area contributed by atoms with Gasteiger partial charge in [0.2, 0.25) is 0 Å². The minimum Gasteiger partial charge on any atom is -0.294 e. The molecule has 0 aromatic heterocycles. The van der Waals surface area contributed by atoms with Crippen LogP contribution in [0.5, 0.6) is 0 Å².